The van der Waals surface area contributed by atoms with Gasteiger partial charge in [0.1, 0.15) is 11.6 Å². The van der Waals surface area contributed by atoms with Crippen LogP contribution in [0.4, 0.5) is 14.7 Å². The molecule has 0 aliphatic carbocycles. The van der Waals surface area contributed by atoms with Gasteiger partial charge in [-0.3, -0.25) is 15.2 Å². The van der Waals surface area contributed by atoms with Crippen molar-refractivity contribution in [2.45, 2.75) is 6.42 Å². The molecule has 0 unspecified atom stereocenters. The molecule has 2 heterocycles. The van der Waals surface area contributed by atoms with Gasteiger partial charge in [-0.2, -0.15) is 0 Å². The highest BCUT2D eigenvalue weighted by Crippen LogP contribution is 2.16. The SMILES string of the molecule is O=c1cc(Cc2c(F)cccc2F)nc(NN2CCOCC2)[nH]1. The van der Waals surface area contributed by atoms with Crippen molar-refractivity contribution in [2.75, 3.05) is 31.7 Å². The third-order valence-corrected chi connectivity index (χ3v) is 3.49. The van der Waals surface area contributed by atoms with E-state index in [0.29, 0.717) is 26.3 Å². The average molecular weight is 322 g/mol. The van der Waals surface area contributed by atoms with Crippen molar-refractivity contribution < 1.29 is 13.5 Å². The molecule has 0 amide bonds. The predicted molar refractivity (Wildman–Crippen MR) is 80.0 cm³/mol. The Bertz CT molecular complexity index is 724. The molecule has 1 aliphatic rings. The molecular weight excluding hydrogens is 306 g/mol. The van der Waals surface area contributed by atoms with E-state index in [9.17, 15) is 13.6 Å². The highest BCUT2D eigenvalue weighted by atomic mass is 19.1. The van der Waals surface area contributed by atoms with Crippen molar-refractivity contribution in [3.63, 3.8) is 0 Å². The molecule has 2 N–H and O–H groups in total. The highest BCUT2D eigenvalue weighted by Gasteiger charge is 2.14. The Morgan fingerprint density at radius 1 is 1.26 bits per heavy atom. The molecule has 1 aromatic heterocycles. The molecule has 23 heavy (non-hydrogen) atoms. The Labute approximate surface area is 131 Å². The number of halogens is 2. The third kappa shape index (κ3) is 3.91. The molecule has 1 aliphatic heterocycles. The normalized spacial score (nSPS) is 15.6. The summed E-state index contributed by atoms with van der Waals surface area (Å²) in [4.78, 5) is 18.5. The van der Waals surface area contributed by atoms with Crippen LogP contribution in [0.15, 0.2) is 29.1 Å². The minimum atomic E-state index is -0.658. The van der Waals surface area contributed by atoms with Gasteiger partial charge >= 0.3 is 0 Å². The average Bonchev–Trinajstić information content (AvgIpc) is 2.51. The fraction of sp³-hybridized carbons (Fsp3) is 0.333. The Morgan fingerprint density at radius 3 is 2.65 bits per heavy atom. The van der Waals surface area contributed by atoms with E-state index in [1.165, 1.54) is 24.3 Å². The van der Waals surface area contributed by atoms with Gasteiger partial charge < -0.3 is 4.74 Å². The summed E-state index contributed by atoms with van der Waals surface area (Å²) in [5, 5.41) is 1.86. The van der Waals surface area contributed by atoms with Gasteiger partial charge in [-0.05, 0) is 12.1 Å². The number of hydrogen-bond donors (Lipinski definition) is 2. The van der Waals surface area contributed by atoms with Gasteiger partial charge in [0.25, 0.3) is 5.56 Å². The standard InChI is InChI=1S/C15H16F2N4O2/c16-12-2-1-3-13(17)11(12)8-10-9-14(22)19-15(18-10)20-21-4-6-23-7-5-21/h1-3,9H,4-8H2,(H2,18,19,20,22). The number of hydrogen-bond acceptors (Lipinski definition) is 5. The topological polar surface area (TPSA) is 70.2 Å². The molecule has 0 spiro atoms. The van der Waals surface area contributed by atoms with Crippen LogP contribution in [-0.2, 0) is 11.2 Å². The molecular formula is C15H16F2N4O2. The largest absolute Gasteiger partial charge is 0.379 e. The van der Waals surface area contributed by atoms with Crippen LogP contribution in [0.1, 0.15) is 11.3 Å². The lowest BCUT2D eigenvalue weighted by Crippen LogP contribution is -2.41. The van der Waals surface area contributed by atoms with E-state index in [4.69, 9.17) is 4.74 Å². The quantitative estimate of drug-likeness (QED) is 0.888. The fourth-order valence-electron chi connectivity index (χ4n) is 2.36. The van der Waals surface area contributed by atoms with Gasteiger partial charge in [0.05, 0.1) is 18.9 Å². The number of nitrogens with one attached hydrogen (secondary N) is 2. The number of H-pyrrole nitrogens is 1. The minimum Gasteiger partial charge on any atom is -0.379 e. The van der Waals surface area contributed by atoms with Crippen LogP contribution >= 0.6 is 0 Å². The number of aromatic nitrogens is 2. The molecule has 1 fully saturated rings. The van der Waals surface area contributed by atoms with E-state index in [0.717, 1.165) is 0 Å². The third-order valence-electron chi connectivity index (χ3n) is 3.49. The molecule has 1 saturated heterocycles. The zero-order valence-electron chi connectivity index (χ0n) is 12.3. The molecule has 0 atom stereocenters. The van der Waals surface area contributed by atoms with Gasteiger partial charge in [-0.1, -0.05) is 6.07 Å². The van der Waals surface area contributed by atoms with Crippen molar-refractivity contribution in [1.82, 2.24) is 15.0 Å². The monoisotopic (exact) mass is 322 g/mol. The fourth-order valence-corrected chi connectivity index (χ4v) is 2.36. The zero-order chi connectivity index (χ0) is 16.2. The summed E-state index contributed by atoms with van der Waals surface area (Å²) in [6.07, 6.45) is -0.0970. The van der Waals surface area contributed by atoms with Crippen LogP contribution in [0.25, 0.3) is 0 Å². The summed E-state index contributed by atoms with van der Waals surface area (Å²) in [6.45, 7) is 2.46. The van der Waals surface area contributed by atoms with E-state index < -0.39 is 11.6 Å². The van der Waals surface area contributed by atoms with Crippen LogP contribution in [0.3, 0.4) is 0 Å². The molecule has 0 saturated carbocycles. The molecule has 1 aromatic carbocycles. The smallest absolute Gasteiger partial charge is 0.252 e. The van der Waals surface area contributed by atoms with Crippen molar-refractivity contribution in [2.24, 2.45) is 0 Å². The number of hydrazine groups is 1. The predicted octanol–water partition coefficient (Wildman–Crippen LogP) is 1.30. The molecule has 8 heteroatoms. The first-order chi connectivity index (χ1) is 11.1. The van der Waals surface area contributed by atoms with E-state index in [-0.39, 0.29) is 29.2 Å². The first kappa shape index (κ1) is 15.6. The summed E-state index contributed by atoms with van der Waals surface area (Å²) in [6, 6.07) is 4.89. The maximum Gasteiger partial charge on any atom is 0.252 e. The number of morpholine rings is 1. The number of anilines is 1. The molecule has 3 rings (SSSR count). The van der Waals surface area contributed by atoms with E-state index in [1.54, 1.807) is 0 Å². The van der Waals surface area contributed by atoms with Crippen molar-refractivity contribution in [3.8, 4) is 0 Å². The summed E-state index contributed by atoms with van der Waals surface area (Å²) in [7, 11) is 0. The Morgan fingerprint density at radius 2 is 1.96 bits per heavy atom. The summed E-state index contributed by atoms with van der Waals surface area (Å²) in [5.74, 6) is -1.07. The number of aromatic amines is 1. The van der Waals surface area contributed by atoms with E-state index in [2.05, 4.69) is 15.4 Å². The highest BCUT2D eigenvalue weighted by molar-refractivity contribution is 5.29. The van der Waals surface area contributed by atoms with Crippen LogP contribution in [0.2, 0.25) is 0 Å². The molecule has 122 valence electrons. The van der Waals surface area contributed by atoms with Gasteiger partial charge in [0, 0.05) is 31.1 Å². The van der Waals surface area contributed by atoms with Crippen molar-refractivity contribution >= 4 is 5.95 Å². The first-order valence-corrected chi connectivity index (χ1v) is 7.24. The first-order valence-electron chi connectivity index (χ1n) is 7.24. The molecule has 2 aromatic rings. The zero-order valence-corrected chi connectivity index (χ0v) is 12.3. The number of rotatable bonds is 4. The minimum absolute atomic E-state index is 0.0970. The van der Waals surface area contributed by atoms with Gasteiger partial charge in [0.15, 0.2) is 0 Å². The number of ether oxygens (including phenoxy) is 1. The Balaban J connectivity index is 1.81. The number of nitrogens with zero attached hydrogens (tertiary/aromatic N) is 2. The van der Waals surface area contributed by atoms with Gasteiger partial charge in [0.2, 0.25) is 5.95 Å². The second-order valence-corrected chi connectivity index (χ2v) is 5.17. The summed E-state index contributed by atoms with van der Waals surface area (Å²) < 4.78 is 32.7. The lowest BCUT2D eigenvalue weighted by molar-refractivity contribution is 0.0492. The van der Waals surface area contributed by atoms with Gasteiger partial charge in [-0.25, -0.2) is 18.8 Å². The van der Waals surface area contributed by atoms with Crippen LogP contribution in [0, 0.1) is 11.6 Å². The summed E-state index contributed by atoms with van der Waals surface area (Å²) >= 11 is 0. The lowest BCUT2D eigenvalue weighted by atomic mass is 10.1. The maximum atomic E-state index is 13.7. The second kappa shape index (κ2) is 6.84. The Hall–Kier alpha value is -2.32. The Kier molecular flexibility index (Phi) is 4.63. The number of benzene rings is 1. The second-order valence-electron chi connectivity index (χ2n) is 5.17. The molecule has 0 radical (unpaired) electrons. The van der Waals surface area contributed by atoms with E-state index in [1.807, 2.05) is 5.01 Å². The van der Waals surface area contributed by atoms with Crippen LogP contribution in [-0.4, -0.2) is 41.3 Å². The lowest BCUT2D eigenvalue weighted by Gasteiger charge is -2.27. The van der Waals surface area contributed by atoms with Gasteiger partial charge in [-0.15, -0.1) is 0 Å². The van der Waals surface area contributed by atoms with E-state index >= 15 is 0 Å². The van der Waals surface area contributed by atoms with Crippen molar-refractivity contribution in [1.29, 1.82) is 0 Å². The van der Waals surface area contributed by atoms with Crippen molar-refractivity contribution in [3.05, 3.63) is 57.5 Å². The molecule has 0 bridgehead atoms. The van der Waals surface area contributed by atoms with Crippen LogP contribution in [0.5, 0.6) is 0 Å². The maximum absolute atomic E-state index is 13.7. The summed E-state index contributed by atoms with van der Waals surface area (Å²) in [5.41, 5.74) is 2.77. The van der Waals surface area contributed by atoms with Crippen LogP contribution < -0.4 is 11.0 Å². The molecule has 6 nitrogen and oxygen atoms in total.